The molecule has 1 amide bonds. The van der Waals surface area contributed by atoms with Crippen molar-refractivity contribution in [2.24, 2.45) is 5.73 Å². The van der Waals surface area contributed by atoms with Gasteiger partial charge in [0.2, 0.25) is 0 Å². The van der Waals surface area contributed by atoms with Crippen LogP contribution < -0.4 is 5.73 Å². The third-order valence-corrected chi connectivity index (χ3v) is 4.44. The Morgan fingerprint density at radius 1 is 1.50 bits per heavy atom. The molecular weight excluding hydrogens is 420 g/mol. The van der Waals surface area contributed by atoms with E-state index in [1.165, 1.54) is 0 Å². The van der Waals surface area contributed by atoms with Gasteiger partial charge in [-0.25, -0.2) is 13.8 Å². The Bertz CT molecular complexity index is 384. The summed E-state index contributed by atoms with van der Waals surface area (Å²) >= 11 is 3.54. The van der Waals surface area contributed by atoms with Gasteiger partial charge in [-0.15, -0.1) is 0 Å². The minimum Gasteiger partial charge on any atom is -0.366 e. The van der Waals surface area contributed by atoms with Crippen molar-refractivity contribution in [2.75, 3.05) is 0 Å². The van der Waals surface area contributed by atoms with Gasteiger partial charge in [-0.2, -0.15) is 0 Å². The summed E-state index contributed by atoms with van der Waals surface area (Å²) in [6, 6.07) is 0. The van der Waals surface area contributed by atoms with E-state index in [2.05, 4.69) is 4.98 Å². The SMILES string of the molecule is NC(=O)c1cnc(I)c(I)c1C(F)F. The first-order valence-corrected chi connectivity index (χ1v) is 5.52. The van der Waals surface area contributed by atoms with E-state index >= 15 is 0 Å². The molecule has 1 rings (SSSR count). The van der Waals surface area contributed by atoms with Crippen LogP contribution in [0, 0.1) is 7.27 Å². The Morgan fingerprint density at radius 3 is 2.50 bits per heavy atom. The number of amides is 1. The van der Waals surface area contributed by atoms with Gasteiger partial charge in [0, 0.05) is 11.8 Å². The number of pyridine rings is 1. The van der Waals surface area contributed by atoms with Gasteiger partial charge >= 0.3 is 0 Å². The second-order valence-electron chi connectivity index (χ2n) is 2.36. The van der Waals surface area contributed by atoms with Crippen LogP contribution in [-0.4, -0.2) is 10.9 Å². The summed E-state index contributed by atoms with van der Waals surface area (Å²) in [5.74, 6) is -0.887. The fourth-order valence-corrected chi connectivity index (χ4v) is 1.98. The summed E-state index contributed by atoms with van der Waals surface area (Å²) in [7, 11) is 0. The maximum Gasteiger partial charge on any atom is 0.265 e. The standard InChI is InChI=1S/C7H4F2I2N2O/c8-5(9)3-2(7(12)14)1-13-6(11)4(3)10/h1,5H,(H2,12,14). The van der Waals surface area contributed by atoms with E-state index in [1.807, 2.05) is 22.6 Å². The second-order valence-corrected chi connectivity index (χ2v) is 4.46. The van der Waals surface area contributed by atoms with Crippen LogP contribution >= 0.6 is 45.2 Å². The van der Waals surface area contributed by atoms with Gasteiger partial charge in [0.25, 0.3) is 12.3 Å². The van der Waals surface area contributed by atoms with Gasteiger partial charge in [-0.1, -0.05) is 0 Å². The first kappa shape index (κ1) is 12.0. The number of halogens is 4. The molecule has 0 saturated carbocycles. The van der Waals surface area contributed by atoms with Crippen molar-refractivity contribution in [2.45, 2.75) is 6.43 Å². The van der Waals surface area contributed by atoms with Crippen LogP contribution in [0.4, 0.5) is 8.78 Å². The fourth-order valence-electron chi connectivity index (χ4n) is 0.886. The molecular formula is C7H4F2I2N2O. The molecule has 0 unspecified atom stereocenters. The number of aromatic nitrogens is 1. The maximum atomic E-state index is 12.6. The quantitative estimate of drug-likeness (QED) is 0.586. The summed E-state index contributed by atoms with van der Waals surface area (Å²) in [5.41, 5.74) is 4.40. The molecule has 0 saturated heterocycles. The number of nitrogens with two attached hydrogens (primary N) is 1. The summed E-state index contributed by atoms with van der Waals surface area (Å²) in [6.07, 6.45) is -1.64. The molecule has 0 radical (unpaired) electrons. The van der Waals surface area contributed by atoms with Crippen molar-refractivity contribution in [3.05, 3.63) is 24.6 Å². The zero-order valence-electron chi connectivity index (χ0n) is 6.60. The minimum absolute atomic E-state index is 0.218. The van der Waals surface area contributed by atoms with Crippen LogP contribution in [0.2, 0.25) is 0 Å². The van der Waals surface area contributed by atoms with E-state index in [9.17, 15) is 13.6 Å². The minimum atomic E-state index is -2.72. The molecule has 1 aromatic rings. The maximum absolute atomic E-state index is 12.6. The van der Waals surface area contributed by atoms with Crippen molar-refractivity contribution >= 4 is 51.1 Å². The fraction of sp³-hybridized carbons (Fsp3) is 0.143. The highest BCUT2D eigenvalue weighted by Gasteiger charge is 2.22. The van der Waals surface area contributed by atoms with Crippen LogP contribution in [0.5, 0.6) is 0 Å². The zero-order valence-corrected chi connectivity index (χ0v) is 10.9. The number of hydrogen-bond donors (Lipinski definition) is 1. The average Bonchev–Trinajstić information content (AvgIpc) is 2.08. The first-order chi connectivity index (χ1) is 6.45. The van der Waals surface area contributed by atoms with E-state index < -0.39 is 12.3 Å². The molecule has 0 spiro atoms. The van der Waals surface area contributed by atoms with Crippen molar-refractivity contribution in [1.82, 2.24) is 4.98 Å². The predicted molar refractivity (Wildman–Crippen MR) is 63.1 cm³/mol. The molecule has 1 aromatic heterocycles. The highest BCUT2D eigenvalue weighted by Crippen LogP contribution is 2.29. The Hall–Kier alpha value is -0.0600. The van der Waals surface area contributed by atoms with Crippen LogP contribution in [0.15, 0.2) is 6.20 Å². The number of rotatable bonds is 2. The molecule has 3 nitrogen and oxygen atoms in total. The highest BCUT2D eigenvalue weighted by molar-refractivity contribution is 14.1. The summed E-state index contributed by atoms with van der Waals surface area (Å²) in [6.45, 7) is 0. The van der Waals surface area contributed by atoms with Gasteiger partial charge in [-0.3, -0.25) is 4.79 Å². The smallest absolute Gasteiger partial charge is 0.265 e. The van der Waals surface area contributed by atoms with Gasteiger partial charge in [0.05, 0.1) is 9.13 Å². The van der Waals surface area contributed by atoms with Crippen LogP contribution in [0.1, 0.15) is 22.3 Å². The third kappa shape index (κ3) is 2.30. The monoisotopic (exact) mass is 424 g/mol. The van der Waals surface area contributed by atoms with Crippen LogP contribution in [0.25, 0.3) is 0 Å². The molecule has 7 heteroatoms. The largest absolute Gasteiger partial charge is 0.366 e. The van der Waals surface area contributed by atoms with E-state index in [0.717, 1.165) is 6.20 Å². The number of nitrogens with zero attached hydrogens (tertiary/aromatic N) is 1. The molecule has 0 bridgehead atoms. The molecule has 0 atom stereocenters. The van der Waals surface area contributed by atoms with Crippen LogP contribution in [0.3, 0.4) is 0 Å². The van der Waals surface area contributed by atoms with E-state index in [1.54, 1.807) is 22.6 Å². The predicted octanol–water partition coefficient (Wildman–Crippen LogP) is 2.33. The summed E-state index contributed by atoms with van der Waals surface area (Å²) < 4.78 is 25.9. The summed E-state index contributed by atoms with van der Waals surface area (Å²) in [5, 5.41) is 0. The molecule has 0 fully saturated rings. The number of carbonyl (C=O) groups excluding carboxylic acids is 1. The molecule has 76 valence electrons. The average molecular weight is 424 g/mol. The highest BCUT2D eigenvalue weighted by atomic mass is 127. The normalized spacial score (nSPS) is 10.6. The van der Waals surface area contributed by atoms with E-state index in [4.69, 9.17) is 5.73 Å². The number of hydrogen-bond acceptors (Lipinski definition) is 2. The zero-order chi connectivity index (χ0) is 10.9. The molecule has 2 N–H and O–H groups in total. The summed E-state index contributed by atoms with van der Waals surface area (Å²) in [4.78, 5) is 14.6. The Labute approximate surface area is 106 Å². The lowest BCUT2D eigenvalue weighted by molar-refractivity contribution is 0.0985. The Morgan fingerprint density at radius 2 is 2.07 bits per heavy atom. The lowest BCUT2D eigenvalue weighted by atomic mass is 10.1. The lowest BCUT2D eigenvalue weighted by Gasteiger charge is -2.08. The number of primary amides is 1. The topological polar surface area (TPSA) is 56.0 Å². The van der Waals surface area contributed by atoms with Gasteiger partial charge in [-0.05, 0) is 45.2 Å². The van der Waals surface area contributed by atoms with Gasteiger partial charge in [0.1, 0.15) is 3.70 Å². The third-order valence-electron chi connectivity index (χ3n) is 1.50. The number of alkyl halides is 2. The van der Waals surface area contributed by atoms with Crippen molar-refractivity contribution in [1.29, 1.82) is 0 Å². The van der Waals surface area contributed by atoms with Gasteiger partial charge in [0.15, 0.2) is 0 Å². The first-order valence-electron chi connectivity index (χ1n) is 3.37. The Kier molecular flexibility index (Phi) is 3.98. The number of carbonyl (C=O) groups is 1. The lowest BCUT2D eigenvalue weighted by Crippen LogP contribution is -2.16. The van der Waals surface area contributed by atoms with Gasteiger partial charge < -0.3 is 5.73 Å². The molecule has 0 aliphatic heterocycles. The molecule has 0 aromatic carbocycles. The van der Waals surface area contributed by atoms with Crippen molar-refractivity contribution in [3.63, 3.8) is 0 Å². The molecule has 0 aliphatic rings. The van der Waals surface area contributed by atoms with E-state index in [0.29, 0.717) is 3.70 Å². The molecule has 14 heavy (non-hydrogen) atoms. The van der Waals surface area contributed by atoms with Crippen molar-refractivity contribution < 1.29 is 13.6 Å². The Balaban J connectivity index is 3.45. The van der Waals surface area contributed by atoms with Crippen LogP contribution in [-0.2, 0) is 0 Å². The van der Waals surface area contributed by atoms with Crippen molar-refractivity contribution in [3.8, 4) is 0 Å². The van der Waals surface area contributed by atoms with E-state index in [-0.39, 0.29) is 14.7 Å². The molecule has 1 heterocycles. The molecule has 0 aliphatic carbocycles. The second kappa shape index (κ2) is 4.64.